The smallest absolute Gasteiger partial charge is 0.418 e. The topological polar surface area (TPSA) is 88.0 Å². The van der Waals surface area contributed by atoms with Crippen molar-refractivity contribution in [3.63, 3.8) is 0 Å². The van der Waals surface area contributed by atoms with Crippen molar-refractivity contribution in [3.8, 4) is 11.5 Å². The first-order valence-electron chi connectivity index (χ1n) is 4.22. The third kappa shape index (κ3) is 1.86. The molecule has 0 saturated carbocycles. The first-order valence-corrected chi connectivity index (χ1v) is 4.22. The van der Waals surface area contributed by atoms with Crippen LogP contribution in [0.5, 0.6) is 0 Å². The molecule has 6 nitrogen and oxygen atoms in total. The van der Waals surface area contributed by atoms with E-state index in [4.69, 9.17) is 0 Å². The summed E-state index contributed by atoms with van der Waals surface area (Å²) in [6.45, 7) is 0. The Balaban J connectivity index is 2.84. The Bertz CT molecular complexity index is 658. The number of aromatic nitrogens is 3. The number of nitrogens with zero attached hydrogens (tertiary/aromatic N) is 2. The Kier molecular flexibility index (Phi) is 2.19. The second-order valence-corrected chi connectivity index (χ2v) is 3.18. The Labute approximate surface area is 90.3 Å². The highest BCUT2D eigenvalue weighted by molar-refractivity contribution is 5.51. The maximum Gasteiger partial charge on any atom is 0.418 e. The van der Waals surface area contributed by atoms with Gasteiger partial charge in [-0.05, 0) is 6.07 Å². The number of hydrogen-bond acceptors (Lipinski definition) is 4. The summed E-state index contributed by atoms with van der Waals surface area (Å²) in [7, 11) is 0. The lowest BCUT2D eigenvalue weighted by Crippen LogP contribution is -2.32. The number of H-pyrrole nitrogens is 1. The summed E-state index contributed by atoms with van der Waals surface area (Å²) in [5, 5.41) is 9.22. The van der Waals surface area contributed by atoms with Crippen LogP contribution in [0.2, 0.25) is 0 Å². The predicted octanol–water partition coefficient (Wildman–Crippen LogP) is 0.292. The minimum atomic E-state index is -4.69. The molecule has 0 aromatic heterocycles. The molecule has 0 spiro atoms. The molecule has 2 heterocycles. The van der Waals surface area contributed by atoms with E-state index in [2.05, 4.69) is 4.98 Å². The van der Waals surface area contributed by atoms with Gasteiger partial charge >= 0.3 is 17.3 Å². The molecule has 0 fully saturated rings. The molecule has 2 aliphatic rings. The van der Waals surface area contributed by atoms with E-state index >= 15 is 0 Å². The fourth-order valence-electron chi connectivity index (χ4n) is 1.25. The fraction of sp³-hybridized carbons (Fsp3) is 0.125. The van der Waals surface area contributed by atoms with Crippen molar-refractivity contribution in [2.75, 3.05) is 0 Å². The number of hydrogen-bond donors (Lipinski definition) is 2. The largest absolute Gasteiger partial charge is 0.427 e. The maximum atomic E-state index is 12.4. The SMILES string of the molecule is O=c1nc2n(O)cc(C(F)(F)F)cc-2[nH]c1=O. The van der Waals surface area contributed by atoms with E-state index in [1.54, 1.807) is 0 Å². The molecular weight excluding hydrogens is 243 g/mol. The van der Waals surface area contributed by atoms with Crippen LogP contribution in [0, 0.1) is 0 Å². The second kappa shape index (κ2) is 3.34. The van der Waals surface area contributed by atoms with Crippen LogP contribution in [0.25, 0.3) is 11.5 Å². The van der Waals surface area contributed by atoms with E-state index in [0.717, 1.165) is 0 Å². The summed E-state index contributed by atoms with van der Waals surface area (Å²) in [5.74, 6) is -0.456. The van der Waals surface area contributed by atoms with Crippen LogP contribution in [0.3, 0.4) is 0 Å². The molecule has 0 unspecified atom stereocenters. The fourth-order valence-corrected chi connectivity index (χ4v) is 1.25. The number of pyridine rings is 1. The van der Waals surface area contributed by atoms with Gasteiger partial charge in [0, 0.05) is 0 Å². The highest BCUT2D eigenvalue weighted by Crippen LogP contribution is 2.31. The maximum absolute atomic E-state index is 12.4. The van der Waals surface area contributed by atoms with Crippen LogP contribution in [0.4, 0.5) is 13.2 Å². The lowest BCUT2D eigenvalue weighted by atomic mass is 10.2. The minimum absolute atomic E-state index is 0.0372. The molecule has 0 radical (unpaired) electrons. The van der Waals surface area contributed by atoms with E-state index in [9.17, 15) is 28.0 Å². The van der Waals surface area contributed by atoms with Crippen molar-refractivity contribution >= 4 is 0 Å². The predicted molar refractivity (Wildman–Crippen MR) is 47.9 cm³/mol. The summed E-state index contributed by atoms with van der Waals surface area (Å²) < 4.78 is 37.2. The molecule has 0 aromatic carbocycles. The molecule has 17 heavy (non-hydrogen) atoms. The number of aromatic amines is 1. The van der Waals surface area contributed by atoms with Gasteiger partial charge in [0.25, 0.3) is 0 Å². The van der Waals surface area contributed by atoms with E-state index in [0.29, 0.717) is 12.3 Å². The summed E-state index contributed by atoms with van der Waals surface area (Å²) in [4.78, 5) is 26.8. The van der Waals surface area contributed by atoms with Crippen molar-refractivity contribution in [1.82, 2.24) is 14.7 Å². The van der Waals surface area contributed by atoms with E-state index in [-0.39, 0.29) is 10.4 Å². The standard InChI is InChI=1S/C8H4F3N3O3/c9-8(10,11)3-1-4-5(14(17)2-3)13-7(16)6(15)12-4/h1-2,17H,(H,12,15). The van der Waals surface area contributed by atoms with Gasteiger partial charge in [-0.15, -0.1) is 0 Å². The number of fused-ring (bicyclic) bond motifs is 1. The van der Waals surface area contributed by atoms with Gasteiger partial charge in [-0.1, -0.05) is 0 Å². The van der Waals surface area contributed by atoms with Crippen LogP contribution in [-0.2, 0) is 6.18 Å². The number of halogens is 3. The molecule has 0 bridgehead atoms. The zero-order chi connectivity index (χ0) is 12.8. The van der Waals surface area contributed by atoms with Gasteiger partial charge in [0.15, 0.2) is 5.82 Å². The van der Waals surface area contributed by atoms with Crippen molar-refractivity contribution in [2.24, 2.45) is 0 Å². The second-order valence-electron chi connectivity index (χ2n) is 3.18. The van der Waals surface area contributed by atoms with Gasteiger partial charge in [-0.3, -0.25) is 9.59 Å². The third-order valence-electron chi connectivity index (χ3n) is 2.00. The summed E-state index contributed by atoms with van der Waals surface area (Å²) in [6.07, 6.45) is -4.33. The molecule has 0 atom stereocenters. The Morgan fingerprint density at radius 3 is 2.59 bits per heavy atom. The third-order valence-corrected chi connectivity index (χ3v) is 2.00. The van der Waals surface area contributed by atoms with Gasteiger partial charge in [0.05, 0.1) is 17.5 Å². The Hall–Kier alpha value is -2.32. The first-order chi connectivity index (χ1) is 7.79. The van der Waals surface area contributed by atoms with Crippen molar-refractivity contribution < 1.29 is 18.4 Å². The van der Waals surface area contributed by atoms with Crippen LogP contribution in [-0.4, -0.2) is 19.9 Å². The average Bonchev–Trinajstić information content (AvgIpc) is 2.19. The molecule has 0 aromatic rings. The summed E-state index contributed by atoms with van der Waals surface area (Å²) in [5.41, 5.74) is -3.91. The molecule has 0 saturated heterocycles. The van der Waals surface area contributed by atoms with E-state index < -0.39 is 28.7 Å². The van der Waals surface area contributed by atoms with Crippen LogP contribution < -0.4 is 11.1 Å². The molecule has 9 heteroatoms. The van der Waals surface area contributed by atoms with Gasteiger partial charge in [-0.2, -0.15) is 22.9 Å². The van der Waals surface area contributed by atoms with E-state index in [1.165, 1.54) is 0 Å². The zero-order valence-electron chi connectivity index (χ0n) is 7.95. The Morgan fingerprint density at radius 2 is 2.00 bits per heavy atom. The minimum Gasteiger partial charge on any atom is -0.427 e. The number of alkyl halides is 3. The van der Waals surface area contributed by atoms with E-state index in [1.807, 2.05) is 4.98 Å². The van der Waals surface area contributed by atoms with Gasteiger partial charge < -0.3 is 10.2 Å². The van der Waals surface area contributed by atoms with Crippen LogP contribution in [0.1, 0.15) is 5.56 Å². The van der Waals surface area contributed by atoms with Crippen LogP contribution in [0.15, 0.2) is 21.9 Å². The van der Waals surface area contributed by atoms with Crippen molar-refractivity contribution in [3.05, 3.63) is 38.5 Å². The number of rotatable bonds is 0. The van der Waals surface area contributed by atoms with Crippen molar-refractivity contribution in [2.45, 2.75) is 6.18 Å². The summed E-state index contributed by atoms with van der Waals surface area (Å²) >= 11 is 0. The number of nitrogens with one attached hydrogen (secondary N) is 1. The van der Waals surface area contributed by atoms with Crippen LogP contribution >= 0.6 is 0 Å². The lowest BCUT2D eigenvalue weighted by molar-refractivity contribution is -0.138. The average molecular weight is 247 g/mol. The highest BCUT2D eigenvalue weighted by Gasteiger charge is 2.33. The van der Waals surface area contributed by atoms with Gasteiger partial charge in [0.2, 0.25) is 0 Å². The van der Waals surface area contributed by atoms with Crippen molar-refractivity contribution in [1.29, 1.82) is 0 Å². The molecular formula is C8H4F3N3O3. The summed E-state index contributed by atoms with van der Waals surface area (Å²) in [6, 6.07) is 0.579. The highest BCUT2D eigenvalue weighted by atomic mass is 19.4. The zero-order valence-corrected chi connectivity index (χ0v) is 7.95. The molecule has 2 aliphatic heterocycles. The molecule has 0 amide bonds. The molecule has 2 N–H and O–H groups in total. The lowest BCUT2D eigenvalue weighted by Gasteiger charge is -2.12. The normalized spacial score (nSPS) is 11.9. The monoisotopic (exact) mass is 247 g/mol. The quantitative estimate of drug-likeness (QED) is 0.517. The van der Waals surface area contributed by atoms with Gasteiger partial charge in [-0.25, -0.2) is 0 Å². The molecule has 2 rings (SSSR count). The first kappa shape index (κ1) is 11.2. The van der Waals surface area contributed by atoms with Gasteiger partial charge in [0.1, 0.15) is 0 Å². The molecule has 0 aliphatic carbocycles. The Morgan fingerprint density at radius 1 is 1.35 bits per heavy atom. The molecule has 90 valence electrons.